The Balaban J connectivity index is 2.72. The van der Waals surface area contributed by atoms with Crippen LogP contribution < -0.4 is 4.74 Å². The van der Waals surface area contributed by atoms with Gasteiger partial charge in [0.25, 0.3) is 0 Å². The summed E-state index contributed by atoms with van der Waals surface area (Å²) in [5, 5.41) is 8.89. The minimum absolute atomic E-state index is 0.0885. The van der Waals surface area contributed by atoms with Crippen LogP contribution in [0.25, 0.3) is 0 Å². The lowest BCUT2D eigenvalue weighted by Gasteiger charge is -2.09. The maximum absolute atomic E-state index is 12.0. The van der Waals surface area contributed by atoms with Crippen molar-refractivity contribution in [3.63, 3.8) is 0 Å². The Morgan fingerprint density at radius 2 is 1.75 bits per heavy atom. The zero-order valence-corrected chi connectivity index (χ0v) is 7.91. The van der Waals surface area contributed by atoms with E-state index in [1.807, 2.05) is 0 Å². The zero-order chi connectivity index (χ0) is 12.3. The maximum Gasteiger partial charge on any atom is 0.422 e. The van der Waals surface area contributed by atoms with Gasteiger partial charge in [0.1, 0.15) is 17.1 Å². The Morgan fingerprint density at radius 3 is 2.19 bits per heavy atom. The van der Waals surface area contributed by atoms with Gasteiger partial charge in [0.05, 0.1) is 0 Å². The summed E-state index contributed by atoms with van der Waals surface area (Å²) in [6.07, 6.45) is -4.81. The fourth-order valence-corrected chi connectivity index (χ4v) is 0.799. The largest absolute Gasteiger partial charge is 0.508 e. The number of phenolic OH excluding ortho intramolecular Hbond substituents is 1. The van der Waals surface area contributed by atoms with Crippen LogP contribution in [0.4, 0.5) is 13.2 Å². The molecule has 0 bridgehead atoms. The van der Waals surface area contributed by atoms with Crippen molar-refractivity contribution in [2.24, 2.45) is 0 Å². The van der Waals surface area contributed by atoms with E-state index in [0.717, 1.165) is 12.1 Å². The molecule has 16 heavy (non-hydrogen) atoms. The van der Waals surface area contributed by atoms with Gasteiger partial charge >= 0.3 is 12.1 Å². The minimum atomic E-state index is -4.81. The van der Waals surface area contributed by atoms with Gasteiger partial charge in [-0.15, -0.1) is 0 Å². The first-order valence-electron chi connectivity index (χ1n) is 4.08. The summed E-state index contributed by atoms with van der Waals surface area (Å²) in [7, 11) is 0. The highest BCUT2D eigenvalue weighted by molar-refractivity contribution is 5.90. The van der Waals surface area contributed by atoms with Crippen LogP contribution in [0.15, 0.2) is 36.4 Å². The summed E-state index contributed by atoms with van der Waals surface area (Å²) in [6, 6.07) is 4.69. The number of alkyl halides is 3. The molecule has 0 aliphatic rings. The van der Waals surface area contributed by atoms with Gasteiger partial charge in [-0.05, 0) is 24.3 Å². The van der Waals surface area contributed by atoms with Gasteiger partial charge in [-0.1, -0.05) is 6.58 Å². The highest BCUT2D eigenvalue weighted by Crippen LogP contribution is 2.26. The Labute approximate surface area is 88.8 Å². The van der Waals surface area contributed by atoms with Gasteiger partial charge in [-0.2, -0.15) is 13.2 Å². The van der Waals surface area contributed by atoms with Gasteiger partial charge in [0.15, 0.2) is 0 Å². The molecule has 0 spiro atoms. The highest BCUT2D eigenvalue weighted by Gasteiger charge is 2.38. The van der Waals surface area contributed by atoms with Crippen LogP contribution in [0, 0.1) is 0 Å². The molecule has 0 fully saturated rings. The number of hydrogen-bond acceptors (Lipinski definition) is 3. The molecule has 0 unspecified atom stereocenters. The molecule has 1 N–H and O–H groups in total. The van der Waals surface area contributed by atoms with Crippen LogP contribution in [0.5, 0.6) is 11.5 Å². The fraction of sp³-hybridized carbons (Fsp3) is 0.100. The molecule has 1 rings (SSSR count). The molecule has 6 heteroatoms. The topological polar surface area (TPSA) is 46.5 Å². The first-order valence-corrected chi connectivity index (χ1v) is 4.08. The summed E-state index contributed by atoms with van der Waals surface area (Å²) >= 11 is 0. The van der Waals surface area contributed by atoms with Crippen LogP contribution in [0.3, 0.4) is 0 Å². The van der Waals surface area contributed by atoms with E-state index in [0.29, 0.717) is 0 Å². The Kier molecular flexibility index (Phi) is 3.22. The molecule has 0 aromatic heterocycles. The SMILES string of the molecule is C=C(C(=O)Oc1ccc(O)cc1)C(F)(F)F. The van der Waals surface area contributed by atoms with Crippen molar-refractivity contribution in [2.45, 2.75) is 6.18 Å². The van der Waals surface area contributed by atoms with Crippen molar-refractivity contribution in [1.82, 2.24) is 0 Å². The molecule has 0 atom stereocenters. The maximum atomic E-state index is 12.0. The summed E-state index contributed by atoms with van der Waals surface area (Å²) in [4.78, 5) is 10.9. The van der Waals surface area contributed by atoms with Crippen molar-refractivity contribution in [3.8, 4) is 11.5 Å². The molecule has 0 aliphatic heterocycles. The average Bonchev–Trinajstić information content (AvgIpc) is 2.19. The molecule has 0 saturated heterocycles. The van der Waals surface area contributed by atoms with Crippen molar-refractivity contribution >= 4 is 5.97 Å². The number of carbonyl (C=O) groups excluding carboxylic acids is 1. The molecular weight excluding hydrogens is 225 g/mol. The molecule has 0 amide bonds. The summed E-state index contributed by atoms with van der Waals surface area (Å²) in [6.45, 7) is 2.59. The second-order valence-electron chi connectivity index (χ2n) is 2.86. The number of rotatable bonds is 2. The Bertz CT molecular complexity index is 406. The lowest BCUT2D eigenvalue weighted by Crippen LogP contribution is -2.23. The predicted octanol–water partition coefficient (Wildman–Crippen LogP) is 2.42. The molecular formula is C10H7F3O3. The standard InChI is InChI=1S/C10H7F3O3/c1-6(10(11,12)13)9(15)16-8-4-2-7(14)3-5-8/h2-5,14H,1H2. The van der Waals surface area contributed by atoms with Crippen LogP contribution in [-0.4, -0.2) is 17.3 Å². The third-order valence-electron chi connectivity index (χ3n) is 1.64. The van der Waals surface area contributed by atoms with E-state index in [4.69, 9.17) is 5.11 Å². The quantitative estimate of drug-likeness (QED) is 0.484. The Morgan fingerprint density at radius 1 is 1.25 bits per heavy atom. The summed E-state index contributed by atoms with van der Waals surface area (Å²) in [5.41, 5.74) is -1.58. The van der Waals surface area contributed by atoms with E-state index >= 15 is 0 Å². The molecule has 0 saturated carbocycles. The molecule has 0 radical (unpaired) electrons. The smallest absolute Gasteiger partial charge is 0.422 e. The first-order chi connectivity index (χ1) is 7.30. The molecule has 86 valence electrons. The average molecular weight is 232 g/mol. The first kappa shape index (κ1) is 12.1. The van der Waals surface area contributed by atoms with E-state index in [2.05, 4.69) is 11.3 Å². The van der Waals surface area contributed by atoms with Crippen LogP contribution in [-0.2, 0) is 4.79 Å². The van der Waals surface area contributed by atoms with E-state index in [1.165, 1.54) is 12.1 Å². The van der Waals surface area contributed by atoms with E-state index in [-0.39, 0.29) is 11.5 Å². The van der Waals surface area contributed by atoms with Crippen LogP contribution >= 0.6 is 0 Å². The molecule has 0 heterocycles. The van der Waals surface area contributed by atoms with Crippen molar-refractivity contribution in [2.75, 3.05) is 0 Å². The van der Waals surface area contributed by atoms with Gasteiger partial charge < -0.3 is 9.84 Å². The van der Waals surface area contributed by atoms with Gasteiger partial charge in [-0.25, -0.2) is 4.79 Å². The predicted molar refractivity (Wildman–Crippen MR) is 48.9 cm³/mol. The lowest BCUT2D eigenvalue weighted by molar-refractivity contribution is -0.142. The van der Waals surface area contributed by atoms with E-state index in [1.54, 1.807) is 0 Å². The van der Waals surface area contributed by atoms with E-state index in [9.17, 15) is 18.0 Å². The van der Waals surface area contributed by atoms with Crippen LogP contribution in [0.2, 0.25) is 0 Å². The van der Waals surface area contributed by atoms with Gasteiger partial charge in [-0.3, -0.25) is 0 Å². The summed E-state index contributed by atoms with van der Waals surface area (Å²) < 4.78 is 40.5. The second-order valence-corrected chi connectivity index (χ2v) is 2.86. The Hall–Kier alpha value is -1.98. The number of hydrogen-bond donors (Lipinski definition) is 1. The number of esters is 1. The summed E-state index contributed by atoms with van der Waals surface area (Å²) in [5.74, 6) is -1.76. The molecule has 1 aromatic rings. The van der Waals surface area contributed by atoms with Gasteiger partial charge in [0.2, 0.25) is 0 Å². The highest BCUT2D eigenvalue weighted by atomic mass is 19.4. The monoisotopic (exact) mass is 232 g/mol. The fourth-order valence-electron chi connectivity index (χ4n) is 0.799. The number of ether oxygens (including phenoxy) is 1. The second kappa shape index (κ2) is 4.26. The number of benzene rings is 1. The number of aromatic hydroxyl groups is 1. The lowest BCUT2D eigenvalue weighted by atomic mass is 10.3. The third kappa shape index (κ3) is 3.01. The third-order valence-corrected chi connectivity index (χ3v) is 1.64. The molecule has 0 aliphatic carbocycles. The number of phenols is 1. The van der Waals surface area contributed by atoms with Crippen LogP contribution in [0.1, 0.15) is 0 Å². The molecule has 3 nitrogen and oxygen atoms in total. The number of carbonyl (C=O) groups is 1. The van der Waals surface area contributed by atoms with Crippen molar-refractivity contribution in [3.05, 3.63) is 36.4 Å². The zero-order valence-electron chi connectivity index (χ0n) is 7.91. The van der Waals surface area contributed by atoms with Crippen molar-refractivity contribution in [1.29, 1.82) is 0 Å². The normalized spacial score (nSPS) is 10.9. The number of halogens is 3. The van der Waals surface area contributed by atoms with Gasteiger partial charge in [0, 0.05) is 0 Å². The van der Waals surface area contributed by atoms with E-state index < -0.39 is 17.7 Å². The minimum Gasteiger partial charge on any atom is -0.508 e. The van der Waals surface area contributed by atoms with Crippen molar-refractivity contribution < 1.29 is 27.8 Å². The molecule has 1 aromatic carbocycles.